The summed E-state index contributed by atoms with van der Waals surface area (Å²) >= 11 is 6.07. The van der Waals surface area contributed by atoms with Crippen LogP contribution in [0.5, 0.6) is 0 Å². The van der Waals surface area contributed by atoms with Gasteiger partial charge in [0.25, 0.3) is 0 Å². The molecule has 1 aromatic rings. The predicted molar refractivity (Wildman–Crippen MR) is 104 cm³/mol. The van der Waals surface area contributed by atoms with Gasteiger partial charge in [-0.1, -0.05) is 23.7 Å². The summed E-state index contributed by atoms with van der Waals surface area (Å²) in [6.45, 7) is 10.2. The molecule has 6 heteroatoms. The lowest BCUT2D eigenvalue weighted by atomic mass is 10.1. The first kappa shape index (κ1) is 19.7. The van der Waals surface area contributed by atoms with Gasteiger partial charge < -0.3 is 10.6 Å². The SMILES string of the molecule is C=CCN1CCC(NC(=NCCc2c(F)cccc2Cl)NCC)CC1. The second kappa shape index (κ2) is 10.4. The Morgan fingerprint density at radius 3 is 2.84 bits per heavy atom. The Kier molecular flexibility index (Phi) is 8.22. The number of hydrogen-bond acceptors (Lipinski definition) is 2. The highest BCUT2D eigenvalue weighted by Gasteiger charge is 2.19. The van der Waals surface area contributed by atoms with Crippen LogP contribution in [0.2, 0.25) is 5.02 Å². The number of aliphatic imine (C=N–C) groups is 1. The first-order valence-corrected chi connectivity index (χ1v) is 9.32. The van der Waals surface area contributed by atoms with E-state index in [2.05, 4.69) is 27.1 Å². The van der Waals surface area contributed by atoms with Crippen molar-refractivity contribution in [1.82, 2.24) is 15.5 Å². The predicted octanol–water partition coefficient (Wildman–Crippen LogP) is 3.23. The van der Waals surface area contributed by atoms with Crippen molar-refractivity contribution in [3.63, 3.8) is 0 Å². The average molecular weight is 367 g/mol. The fourth-order valence-corrected chi connectivity index (χ4v) is 3.26. The largest absolute Gasteiger partial charge is 0.357 e. The molecule has 0 amide bonds. The van der Waals surface area contributed by atoms with Crippen molar-refractivity contribution in [3.05, 3.63) is 47.3 Å². The molecule has 0 saturated carbocycles. The Morgan fingerprint density at radius 1 is 1.44 bits per heavy atom. The van der Waals surface area contributed by atoms with Gasteiger partial charge in [-0.25, -0.2) is 4.39 Å². The van der Waals surface area contributed by atoms with Gasteiger partial charge in [0.05, 0.1) is 0 Å². The van der Waals surface area contributed by atoms with Crippen molar-refractivity contribution in [2.75, 3.05) is 32.7 Å². The van der Waals surface area contributed by atoms with E-state index in [1.165, 1.54) is 6.07 Å². The van der Waals surface area contributed by atoms with Gasteiger partial charge in [0.2, 0.25) is 0 Å². The summed E-state index contributed by atoms with van der Waals surface area (Å²) in [5.74, 6) is 0.521. The molecular weight excluding hydrogens is 339 g/mol. The maximum Gasteiger partial charge on any atom is 0.191 e. The highest BCUT2D eigenvalue weighted by molar-refractivity contribution is 6.31. The van der Waals surface area contributed by atoms with Crippen molar-refractivity contribution in [2.24, 2.45) is 4.99 Å². The van der Waals surface area contributed by atoms with Crippen LogP contribution in [0.25, 0.3) is 0 Å². The van der Waals surface area contributed by atoms with Gasteiger partial charge >= 0.3 is 0 Å². The number of halogens is 2. The van der Waals surface area contributed by atoms with Crippen LogP contribution in [0.15, 0.2) is 35.8 Å². The molecule has 1 saturated heterocycles. The number of guanidine groups is 1. The standard InChI is InChI=1S/C19H28ClFN4/c1-3-12-25-13-9-15(10-14-25)24-19(22-4-2)23-11-8-16-17(20)6-5-7-18(16)21/h3,5-7,15H,1,4,8-14H2,2H3,(H2,22,23,24). The zero-order valence-corrected chi connectivity index (χ0v) is 15.7. The zero-order chi connectivity index (χ0) is 18.1. The third-order valence-electron chi connectivity index (χ3n) is 4.35. The molecule has 1 aliphatic heterocycles. The molecule has 2 rings (SSSR count). The Hall–Kier alpha value is -1.59. The number of piperidine rings is 1. The molecule has 0 spiro atoms. The van der Waals surface area contributed by atoms with E-state index in [-0.39, 0.29) is 5.82 Å². The van der Waals surface area contributed by atoms with Crippen molar-refractivity contribution in [1.29, 1.82) is 0 Å². The number of nitrogens with one attached hydrogen (secondary N) is 2. The van der Waals surface area contributed by atoms with E-state index in [4.69, 9.17) is 11.6 Å². The minimum absolute atomic E-state index is 0.268. The summed E-state index contributed by atoms with van der Waals surface area (Å²) in [4.78, 5) is 6.98. The average Bonchev–Trinajstić information content (AvgIpc) is 2.59. The van der Waals surface area contributed by atoms with Gasteiger partial charge in [0.15, 0.2) is 5.96 Å². The minimum atomic E-state index is -0.268. The second-order valence-electron chi connectivity index (χ2n) is 6.22. The van der Waals surface area contributed by atoms with Crippen molar-refractivity contribution in [2.45, 2.75) is 32.2 Å². The Labute approximate surface area is 155 Å². The first-order valence-electron chi connectivity index (χ1n) is 8.95. The van der Waals surface area contributed by atoms with Crippen LogP contribution < -0.4 is 10.6 Å². The fraction of sp³-hybridized carbons (Fsp3) is 0.526. The molecule has 4 nitrogen and oxygen atoms in total. The van der Waals surface area contributed by atoms with Crippen LogP contribution >= 0.6 is 11.6 Å². The molecule has 25 heavy (non-hydrogen) atoms. The van der Waals surface area contributed by atoms with Gasteiger partial charge in [0.1, 0.15) is 5.82 Å². The van der Waals surface area contributed by atoms with Crippen LogP contribution in [0.4, 0.5) is 4.39 Å². The van der Waals surface area contributed by atoms with Crippen molar-refractivity contribution in [3.8, 4) is 0 Å². The molecule has 138 valence electrons. The summed E-state index contributed by atoms with van der Waals surface area (Å²) < 4.78 is 13.8. The molecule has 2 N–H and O–H groups in total. The lowest BCUT2D eigenvalue weighted by Gasteiger charge is -2.32. The lowest BCUT2D eigenvalue weighted by Crippen LogP contribution is -2.48. The van der Waals surface area contributed by atoms with E-state index in [1.807, 2.05) is 13.0 Å². The topological polar surface area (TPSA) is 39.7 Å². The number of rotatable bonds is 7. The second-order valence-corrected chi connectivity index (χ2v) is 6.63. The fourth-order valence-electron chi connectivity index (χ4n) is 3.01. The molecule has 1 aromatic carbocycles. The van der Waals surface area contributed by atoms with Crippen LogP contribution in [0.1, 0.15) is 25.3 Å². The number of benzene rings is 1. The van der Waals surface area contributed by atoms with Crippen molar-refractivity contribution < 1.29 is 4.39 Å². The molecule has 1 fully saturated rings. The van der Waals surface area contributed by atoms with E-state index in [0.29, 0.717) is 29.6 Å². The zero-order valence-electron chi connectivity index (χ0n) is 14.9. The summed E-state index contributed by atoms with van der Waals surface area (Å²) in [6.07, 6.45) is 4.60. The van der Waals surface area contributed by atoms with Gasteiger partial charge in [-0.2, -0.15) is 0 Å². The van der Waals surface area contributed by atoms with Gasteiger partial charge in [-0.05, 0) is 38.3 Å². The molecule has 0 atom stereocenters. The van der Waals surface area contributed by atoms with Crippen LogP contribution in [-0.4, -0.2) is 49.6 Å². The molecule has 0 unspecified atom stereocenters. The first-order chi connectivity index (χ1) is 12.1. The number of hydrogen-bond donors (Lipinski definition) is 2. The number of nitrogens with zero attached hydrogens (tertiary/aromatic N) is 2. The summed E-state index contributed by atoms with van der Waals surface area (Å²) in [5.41, 5.74) is 0.529. The van der Waals surface area contributed by atoms with E-state index < -0.39 is 0 Å². The van der Waals surface area contributed by atoms with Gasteiger partial charge in [0, 0.05) is 49.4 Å². The molecule has 0 bridgehead atoms. The normalized spacial score (nSPS) is 16.7. The Morgan fingerprint density at radius 2 is 2.20 bits per heavy atom. The summed E-state index contributed by atoms with van der Waals surface area (Å²) in [7, 11) is 0. The molecule has 1 heterocycles. The smallest absolute Gasteiger partial charge is 0.191 e. The van der Waals surface area contributed by atoms with Crippen molar-refractivity contribution >= 4 is 17.6 Å². The van der Waals surface area contributed by atoms with Crippen LogP contribution in [0.3, 0.4) is 0 Å². The number of likely N-dealkylation sites (tertiary alicyclic amines) is 1. The van der Waals surface area contributed by atoms with Gasteiger partial charge in [-0.15, -0.1) is 6.58 Å². The summed E-state index contributed by atoms with van der Waals surface area (Å²) in [6, 6.07) is 5.18. The van der Waals surface area contributed by atoms with Crippen LogP contribution in [0, 0.1) is 5.82 Å². The molecule has 1 aliphatic rings. The molecule has 0 aromatic heterocycles. The van der Waals surface area contributed by atoms with Crippen LogP contribution in [-0.2, 0) is 6.42 Å². The minimum Gasteiger partial charge on any atom is -0.357 e. The highest BCUT2D eigenvalue weighted by atomic mass is 35.5. The Balaban J connectivity index is 1.87. The van der Waals surface area contributed by atoms with E-state index in [1.54, 1.807) is 12.1 Å². The maximum absolute atomic E-state index is 13.8. The summed E-state index contributed by atoms with van der Waals surface area (Å²) in [5, 5.41) is 7.22. The molecular formula is C19H28ClFN4. The third kappa shape index (κ3) is 6.33. The highest BCUT2D eigenvalue weighted by Crippen LogP contribution is 2.19. The lowest BCUT2D eigenvalue weighted by molar-refractivity contribution is 0.225. The molecule has 0 aliphatic carbocycles. The van der Waals surface area contributed by atoms with E-state index in [0.717, 1.165) is 45.0 Å². The van der Waals surface area contributed by atoms with E-state index >= 15 is 0 Å². The molecule has 0 radical (unpaired) electrons. The maximum atomic E-state index is 13.8. The quantitative estimate of drug-likeness (QED) is 0.442. The van der Waals surface area contributed by atoms with E-state index in [9.17, 15) is 4.39 Å². The van der Waals surface area contributed by atoms with Gasteiger partial charge in [-0.3, -0.25) is 9.89 Å². The third-order valence-corrected chi connectivity index (χ3v) is 4.71. The Bertz CT molecular complexity index is 563. The monoisotopic (exact) mass is 366 g/mol.